The van der Waals surface area contributed by atoms with Gasteiger partial charge < -0.3 is 0 Å². The van der Waals surface area contributed by atoms with Gasteiger partial charge in [-0.2, -0.15) is 0 Å². The third-order valence-corrected chi connectivity index (χ3v) is 2.19. The maximum atomic E-state index is 3.53. The van der Waals surface area contributed by atoms with Crippen molar-refractivity contribution >= 4 is 15.9 Å². The number of halogens is 1. The van der Waals surface area contributed by atoms with Crippen LogP contribution in [-0.2, 0) is 0 Å². The lowest BCUT2D eigenvalue weighted by Gasteiger charge is -2.13. The van der Waals surface area contributed by atoms with Crippen molar-refractivity contribution in [3.8, 4) is 0 Å². The Labute approximate surface area is 53.4 Å². The minimum atomic E-state index is 0.723. The minimum Gasteiger partial charge on any atom is -0.0888 e. The highest BCUT2D eigenvalue weighted by molar-refractivity contribution is 9.09. The molecule has 0 aromatic rings. The van der Waals surface area contributed by atoms with Crippen LogP contribution < -0.4 is 0 Å². The zero-order valence-electron chi connectivity index (χ0n) is 4.36. The van der Waals surface area contributed by atoms with Gasteiger partial charge in [-0.05, 0) is 19.3 Å². The predicted octanol–water partition coefficient (Wildman–Crippen LogP) is 2.53. The van der Waals surface area contributed by atoms with Gasteiger partial charge in [0.2, 0.25) is 0 Å². The monoisotopic (exact) mass is 161 g/mol. The second-order valence-electron chi connectivity index (χ2n) is 2.04. The molecule has 0 aromatic carbocycles. The Morgan fingerprint density at radius 2 is 2.29 bits per heavy atom. The van der Waals surface area contributed by atoms with Crippen molar-refractivity contribution in [2.24, 2.45) is 0 Å². The topological polar surface area (TPSA) is 0 Å². The van der Waals surface area contributed by atoms with Crippen LogP contribution in [0.5, 0.6) is 0 Å². The van der Waals surface area contributed by atoms with Crippen LogP contribution in [0.25, 0.3) is 0 Å². The molecule has 1 saturated carbocycles. The molecule has 0 unspecified atom stereocenters. The Morgan fingerprint density at radius 3 is 2.57 bits per heavy atom. The highest BCUT2D eigenvalue weighted by Crippen LogP contribution is 2.21. The zero-order valence-corrected chi connectivity index (χ0v) is 5.95. The first-order chi connectivity index (χ1) is 3.39. The summed E-state index contributed by atoms with van der Waals surface area (Å²) >= 11 is 3.53. The summed E-state index contributed by atoms with van der Waals surface area (Å²) in [4.78, 5) is 0.723. The molecular weight excluding hydrogens is 152 g/mol. The van der Waals surface area contributed by atoms with Crippen molar-refractivity contribution in [2.45, 2.75) is 30.5 Å². The maximum Gasteiger partial charge on any atom is 0.0177 e. The van der Waals surface area contributed by atoms with Gasteiger partial charge in [-0.1, -0.05) is 28.8 Å². The summed E-state index contributed by atoms with van der Waals surface area (Å²) in [5, 5.41) is 0. The van der Waals surface area contributed by atoms with E-state index in [-0.39, 0.29) is 0 Å². The highest BCUT2D eigenvalue weighted by Gasteiger charge is 2.08. The van der Waals surface area contributed by atoms with E-state index >= 15 is 0 Å². The van der Waals surface area contributed by atoms with Crippen molar-refractivity contribution < 1.29 is 0 Å². The minimum absolute atomic E-state index is 0.723. The summed E-state index contributed by atoms with van der Waals surface area (Å²) in [5.74, 6) is 0. The Hall–Kier alpha value is 0.480. The summed E-state index contributed by atoms with van der Waals surface area (Å²) in [6.45, 7) is 0. The number of alkyl halides is 1. The van der Waals surface area contributed by atoms with Crippen molar-refractivity contribution in [3.05, 3.63) is 6.42 Å². The van der Waals surface area contributed by atoms with Crippen LogP contribution in [0.4, 0.5) is 0 Å². The Bertz CT molecular complexity index is 46.1. The van der Waals surface area contributed by atoms with Crippen molar-refractivity contribution in [1.82, 2.24) is 0 Å². The fourth-order valence-electron chi connectivity index (χ4n) is 0.900. The maximum absolute atomic E-state index is 3.53. The third-order valence-electron chi connectivity index (χ3n) is 1.36. The molecule has 7 heavy (non-hydrogen) atoms. The lowest BCUT2D eigenvalue weighted by molar-refractivity contribution is 0.608. The summed E-state index contributed by atoms with van der Waals surface area (Å²) in [6.07, 6.45) is 7.83. The van der Waals surface area contributed by atoms with Gasteiger partial charge in [-0.15, -0.1) is 0 Å². The largest absolute Gasteiger partial charge is 0.0888 e. The normalized spacial score (nSPS) is 25.3. The molecule has 41 valence electrons. The lowest BCUT2D eigenvalue weighted by Crippen LogP contribution is -2.03. The average molecular weight is 162 g/mol. The Kier molecular flexibility index (Phi) is 2.17. The molecule has 1 radical (unpaired) electrons. The van der Waals surface area contributed by atoms with E-state index in [1.54, 1.807) is 0 Å². The van der Waals surface area contributed by atoms with Crippen LogP contribution >= 0.6 is 15.9 Å². The molecule has 1 fully saturated rings. The van der Waals surface area contributed by atoms with Crippen LogP contribution in [0.15, 0.2) is 0 Å². The highest BCUT2D eigenvalue weighted by atomic mass is 79.9. The number of hydrogen-bond acceptors (Lipinski definition) is 0. The molecule has 1 atom stereocenters. The summed E-state index contributed by atoms with van der Waals surface area (Å²) < 4.78 is 0. The number of hydrogen-bond donors (Lipinski definition) is 0. The van der Waals surface area contributed by atoms with Crippen molar-refractivity contribution in [2.75, 3.05) is 0 Å². The summed E-state index contributed by atoms with van der Waals surface area (Å²) in [7, 11) is 0. The van der Waals surface area contributed by atoms with Crippen LogP contribution in [0.3, 0.4) is 0 Å². The summed E-state index contributed by atoms with van der Waals surface area (Å²) in [6, 6.07) is 0. The van der Waals surface area contributed by atoms with Gasteiger partial charge in [0.05, 0.1) is 0 Å². The van der Waals surface area contributed by atoms with Gasteiger partial charge in [0.15, 0.2) is 0 Å². The Balaban J connectivity index is 2.12. The first kappa shape index (κ1) is 5.61. The van der Waals surface area contributed by atoms with Crippen LogP contribution in [0.1, 0.15) is 25.7 Å². The smallest absolute Gasteiger partial charge is 0.0177 e. The van der Waals surface area contributed by atoms with E-state index in [2.05, 4.69) is 22.4 Å². The zero-order chi connectivity index (χ0) is 5.11. The van der Waals surface area contributed by atoms with Crippen molar-refractivity contribution in [1.29, 1.82) is 0 Å². The van der Waals surface area contributed by atoms with E-state index in [1.165, 1.54) is 25.7 Å². The van der Waals surface area contributed by atoms with Gasteiger partial charge >= 0.3 is 0 Å². The van der Waals surface area contributed by atoms with E-state index in [9.17, 15) is 0 Å². The van der Waals surface area contributed by atoms with Crippen LogP contribution in [0.2, 0.25) is 0 Å². The summed E-state index contributed by atoms with van der Waals surface area (Å²) in [5.41, 5.74) is 0. The van der Waals surface area contributed by atoms with Gasteiger partial charge in [0.1, 0.15) is 0 Å². The fraction of sp³-hybridized carbons (Fsp3) is 0.833. The first-order valence-corrected chi connectivity index (χ1v) is 3.78. The lowest BCUT2D eigenvalue weighted by atomic mass is 10.0. The predicted molar refractivity (Wildman–Crippen MR) is 35.5 cm³/mol. The molecule has 1 aliphatic carbocycles. The molecule has 0 spiro atoms. The average Bonchev–Trinajstić information content (AvgIpc) is 1.69. The van der Waals surface area contributed by atoms with E-state index in [4.69, 9.17) is 0 Å². The number of rotatable bonds is 0. The second kappa shape index (κ2) is 2.71. The van der Waals surface area contributed by atoms with Gasteiger partial charge in [-0.3, -0.25) is 0 Å². The Morgan fingerprint density at radius 1 is 1.43 bits per heavy atom. The molecule has 0 N–H and O–H groups in total. The molecule has 1 aliphatic rings. The van der Waals surface area contributed by atoms with Crippen LogP contribution in [0, 0.1) is 6.42 Å². The molecule has 0 saturated heterocycles. The SMILES string of the molecule is Br[C@H]1[CH]CCCC1. The molecule has 1 heteroatoms. The fourth-order valence-corrected chi connectivity index (χ4v) is 1.49. The first-order valence-electron chi connectivity index (χ1n) is 2.87. The van der Waals surface area contributed by atoms with Gasteiger partial charge in [-0.25, -0.2) is 0 Å². The molecule has 0 aromatic heterocycles. The molecule has 0 heterocycles. The van der Waals surface area contributed by atoms with Gasteiger partial charge in [0.25, 0.3) is 0 Å². The van der Waals surface area contributed by atoms with Crippen LogP contribution in [-0.4, -0.2) is 4.83 Å². The van der Waals surface area contributed by atoms with Crippen molar-refractivity contribution in [3.63, 3.8) is 0 Å². The van der Waals surface area contributed by atoms with E-state index in [0.717, 1.165) is 4.83 Å². The quantitative estimate of drug-likeness (QED) is 0.480. The van der Waals surface area contributed by atoms with E-state index in [0.29, 0.717) is 0 Å². The molecule has 0 bridgehead atoms. The molecule has 1 rings (SSSR count). The second-order valence-corrected chi connectivity index (χ2v) is 3.21. The van der Waals surface area contributed by atoms with E-state index in [1.807, 2.05) is 0 Å². The van der Waals surface area contributed by atoms with Gasteiger partial charge in [0, 0.05) is 4.83 Å². The molecule has 0 amide bonds. The van der Waals surface area contributed by atoms with E-state index < -0.39 is 0 Å². The molecular formula is C6H10Br. The molecule has 0 aliphatic heterocycles. The third kappa shape index (κ3) is 1.81. The standard InChI is InChI=1S/C6H10Br/c7-6-4-2-1-3-5-6/h4,6H,1-3,5H2/t6-/m0/s1. The molecule has 0 nitrogen and oxygen atoms in total.